The zero-order valence-corrected chi connectivity index (χ0v) is 9.47. The summed E-state index contributed by atoms with van der Waals surface area (Å²) < 4.78 is 0. The van der Waals surface area contributed by atoms with Crippen molar-refractivity contribution in [1.29, 1.82) is 0 Å². The number of carbonyl (C=O) groups is 1. The van der Waals surface area contributed by atoms with Gasteiger partial charge in [-0.05, 0) is 13.3 Å². The average Bonchev–Trinajstić information content (AvgIpc) is 2.23. The van der Waals surface area contributed by atoms with E-state index in [0.717, 1.165) is 19.4 Å². The summed E-state index contributed by atoms with van der Waals surface area (Å²) in [6.07, 6.45) is 2.14. The van der Waals surface area contributed by atoms with Crippen molar-refractivity contribution in [2.45, 2.75) is 26.7 Å². The molecule has 0 radical (unpaired) electrons. The quantitative estimate of drug-likeness (QED) is 0.155. The Morgan fingerprint density at radius 2 is 2.07 bits per heavy atom. The van der Waals surface area contributed by atoms with Gasteiger partial charge in [-0.2, -0.15) is 0 Å². The van der Waals surface area contributed by atoms with Crippen LogP contribution in [-0.2, 0) is 4.79 Å². The lowest BCUT2D eigenvalue weighted by Gasteiger charge is -2.08. The number of hydrogen-bond acceptors (Lipinski definition) is 3. The van der Waals surface area contributed by atoms with E-state index in [2.05, 4.69) is 28.0 Å². The number of hydrogen-bond donors (Lipinski definition) is 4. The molecule has 0 aliphatic rings. The number of nitrogens with two attached hydrogens (primary N) is 1. The van der Waals surface area contributed by atoms with E-state index in [1.165, 1.54) is 0 Å². The molecule has 0 fully saturated rings. The zero-order chi connectivity index (χ0) is 11.5. The normalized spacial score (nSPS) is 11.0. The molecule has 0 rings (SSSR count). The summed E-state index contributed by atoms with van der Waals surface area (Å²) in [5.41, 5.74) is 2.42. The lowest BCUT2D eigenvalue weighted by molar-refractivity contribution is -0.119. The molecule has 6 heteroatoms. The van der Waals surface area contributed by atoms with Crippen LogP contribution in [0.1, 0.15) is 26.7 Å². The molecular formula is C9H21N5O. The summed E-state index contributed by atoms with van der Waals surface area (Å²) >= 11 is 0. The highest BCUT2D eigenvalue weighted by atomic mass is 16.1. The van der Waals surface area contributed by atoms with Crippen LogP contribution in [0.4, 0.5) is 0 Å². The Morgan fingerprint density at radius 1 is 1.33 bits per heavy atom. The van der Waals surface area contributed by atoms with Crippen LogP contribution < -0.4 is 21.9 Å². The van der Waals surface area contributed by atoms with Crippen LogP contribution in [0.15, 0.2) is 4.99 Å². The number of rotatable bonds is 6. The maximum Gasteiger partial charge on any atom is 0.241 e. The molecule has 0 saturated carbocycles. The predicted molar refractivity (Wildman–Crippen MR) is 61.2 cm³/mol. The molecule has 5 N–H and O–H groups in total. The standard InChI is InChI=1S/C9H21N5O/c1-3-5-6-12-9(14-10)13-7-8(15)11-4-2/h3-7,10H2,1-2H3,(H,11,15)(H2,12,13,14). The number of carbonyl (C=O) groups excluding carboxylic acids is 1. The first kappa shape index (κ1) is 13.7. The van der Waals surface area contributed by atoms with Gasteiger partial charge in [0.2, 0.25) is 11.9 Å². The fraction of sp³-hybridized carbons (Fsp3) is 0.778. The number of amides is 1. The Hall–Kier alpha value is -1.30. The summed E-state index contributed by atoms with van der Waals surface area (Å²) in [5, 5.41) is 5.65. The van der Waals surface area contributed by atoms with E-state index in [1.54, 1.807) is 0 Å². The molecule has 6 nitrogen and oxygen atoms in total. The van der Waals surface area contributed by atoms with Crippen LogP contribution in [0, 0.1) is 0 Å². The second-order valence-electron chi connectivity index (χ2n) is 3.04. The molecule has 0 aromatic rings. The van der Waals surface area contributed by atoms with Gasteiger partial charge in [0, 0.05) is 13.1 Å². The van der Waals surface area contributed by atoms with Crippen LogP contribution in [0.25, 0.3) is 0 Å². The predicted octanol–water partition coefficient (Wildman–Crippen LogP) is -0.668. The molecule has 0 unspecified atom stereocenters. The topological polar surface area (TPSA) is 91.5 Å². The summed E-state index contributed by atoms with van der Waals surface area (Å²) in [7, 11) is 0. The molecule has 0 aliphatic heterocycles. The van der Waals surface area contributed by atoms with Crippen LogP contribution in [0.2, 0.25) is 0 Å². The molecule has 1 amide bonds. The Labute approximate surface area is 90.7 Å². The number of hydrazine groups is 1. The Balaban J connectivity index is 3.82. The van der Waals surface area contributed by atoms with E-state index < -0.39 is 0 Å². The van der Waals surface area contributed by atoms with Crippen molar-refractivity contribution in [2.75, 3.05) is 19.6 Å². The lowest BCUT2D eigenvalue weighted by Crippen LogP contribution is -2.42. The van der Waals surface area contributed by atoms with E-state index in [0.29, 0.717) is 12.5 Å². The molecule has 15 heavy (non-hydrogen) atoms. The van der Waals surface area contributed by atoms with Gasteiger partial charge in [0.1, 0.15) is 6.54 Å². The van der Waals surface area contributed by atoms with Gasteiger partial charge in [-0.1, -0.05) is 13.3 Å². The Bertz CT molecular complexity index is 205. The van der Waals surface area contributed by atoms with Crippen molar-refractivity contribution in [1.82, 2.24) is 16.1 Å². The first-order chi connectivity index (χ1) is 7.24. The van der Waals surface area contributed by atoms with E-state index in [-0.39, 0.29) is 12.5 Å². The number of unbranched alkanes of at least 4 members (excludes halogenated alkanes) is 1. The largest absolute Gasteiger partial charge is 0.355 e. The van der Waals surface area contributed by atoms with Crippen LogP contribution in [0.3, 0.4) is 0 Å². The molecule has 0 spiro atoms. The smallest absolute Gasteiger partial charge is 0.241 e. The minimum absolute atomic E-state index is 0.0898. The highest BCUT2D eigenvalue weighted by Crippen LogP contribution is 1.82. The molecule has 0 aliphatic carbocycles. The molecule has 0 saturated heterocycles. The van der Waals surface area contributed by atoms with Gasteiger partial charge in [0.15, 0.2) is 0 Å². The monoisotopic (exact) mass is 215 g/mol. The molecule has 88 valence electrons. The van der Waals surface area contributed by atoms with Crippen molar-refractivity contribution < 1.29 is 4.79 Å². The summed E-state index contributed by atoms with van der Waals surface area (Å²) in [5.74, 6) is 5.58. The number of guanidine groups is 1. The van der Waals surface area contributed by atoms with E-state index in [9.17, 15) is 4.79 Å². The zero-order valence-electron chi connectivity index (χ0n) is 9.47. The molecule has 0 aromatic carbocycles. The minimum atomic E-state index is -0.109. The first-order valence-electron chi connectivity index (χ1n) is 5.26. The highest BCUT2D eigenvalue weighted by Gasteiger charge is 1.99. The van der Waals surface area contributed by atoms with Gasteiger partial charge in [-0.3, -0.25) is 10.2 Å². The maximum absolute atomic E-state index is 11.1. The van der Waals surface area contributed by atoms with E-state index >= 15 is 0 Å². The minimum Gasteiger partial charge on any atom is -0.355 e. The highest BCUT2D eigenvalue weighted by molar-refractivity contribution is 5.84. The van der Waals surface area contributed by atoms with Crippen molar-refractivity contribution in [3.63, 3.8) is 0 Å². The summed E-state index contributed by atoms with van der Waals surface area (Å²) in [4.78, 5) is 15.1. The molecule has 0 aromatic heterocycles. The van der Waals surface area contributed by atoms with Crippen molar-refractivity contribution in [2.24, 2.45) is 10.8 Å². The van der Waals surface area contributed by atoms with Gasteiger partial charge in [-0.25, -0.2) is 10.8 Å². The molecule has 0 heterocycles. The second-order valence-corrected chi connectivity index (χ2v) is 3.04. The first-order valence-corrected chi connectivity index (χ1v) is 5.26. The maximum atomic E-state index is 11.1. The van der Waals surface area contributed by atoms with E-state index in [1.807, 2.05) is 6.92 Å². The number of likely N-dealkylation sites (N-methyl/N-ethyl adjacent to an activating group) is 1. The third kappa shape index (κ3) is 7.75. The summed E-state index contributed by atoms with van der Waals surface area (Å²) in [6, 6.07) is 0. The molecule has 0 bridgehead atoms. The van der Waals surface area contributed by atoms with Crippen LogP contribution >= 0.6 is 0 Å². The Morgan fingerprint density at radius 3 is 2.60 bits per heavy atom. The average molecular weight is 215 g/mol. The van der Waals surface area contributed by atoms with Crippen molar-refractivity contribution in [3.8, 4) is 0 Å². The van der Waals surface area contributed by atoms with E-state index in [4.69, 9.17) is 5.84 Å². The number of nitrogens with one attached hydrogen (secondary N) is 3. The van der Waals surface area contributed by atoms with Gasteiger partial charge < -0.3 is 10.6 Å². The van der Waals surface area contributed by atoms with Gasteiger partial charge in [-0.15, -0.1) is 0 Å². The van der Waals surface area contributed by atoms with Gasteiger partial charge >= 0.3 is 0 Å². The third-order valence-electron chi connectivity index (χ3n) is 1.71. The fourth-order valence-corrected chi connectivity index (χ4v) is 0.940. The molecular weight excluding hydrogens is 194 g/mol. The van der Waals surface area contributed by atoms with Crippen molar-refractivity contribution in [3.05, 3.63) is 0 Å². The van der Waals surface area contributed by atoms with Crippen LogP contribution in [-0.4, -0.2) is 31.5 Å². The number of aliphatic imine (C=N–C) groups is 1. The SMILES string of the molecule is CCCCNC(=NCC(=O)NCC)NN. The van der Waals surface area contributed by atoms with Crippen molar-refractivity contribution >= 4 is 11.9 Å². The molecule has 0 atom stereocenters. The Kier molecular flexibility index (Phi) is 8.46. The lowest BCUT2D eigenvalue weighted by atomic mass is 10.3. The summed E-state index contributed by atoms with van der Waals surface area (Å²) in [6.45, 7) is 5.47. The van der Waals surface area contributed by atoms with Crippen LogP contribution in [0.5, 0.6) is 0 Å². The number of nitrogens with zero attached hydrogens (tertiary/aromatic N) is 1. The third-order valence-corrected chi connectivity index (χ3v) is 1.71. The second kappa shape index (κ2) is 9.26. The van der Waals surface area contributed by atoms with Gasteiger partial charge in [0.25, 0.3) is 0 Å². The fourth-order valence-electron chi connectivity index (χ4n) is 0.940. The van der Waals surface area contributed by atoms with Gasteiger partial charge in [0.05, 0.1) is 0 Å².